The van der Waals surface area contributed by atoms with Crippen molar-refractivity contribution in [2.75, 3.05) is 18.0 Å². The monoisotopic (exact) mass is 415 g/mol. The Labute approximate surface area is 182 Å². The van der Waals surface area contributed by atoms with Gasteiger partial charge in [-0.3, -0.25) is 4.79 Å². The van der Waals surface area contributed by atoms with Crippen LogP contribution in [0.25, 0.3) is 0 Å². The molecule has 1 amide bonds. The van der Waals surface area contributed by atoms with Gasteiger partial charge in [-0.1, -0.05) is 24.8 Å². The molecule has 0 spiro atoms. The molecule has 0 radical (unpaired) electrons. The van der Waals surface area contributed by atoms with Crippen molar-refractivity contribution in [2.45, 2.75) is 18.9 Å². The third-order valence-corrected chi connectivity index (χ3v) is 5.14. The molecule has 0 aliphatic carbocycles. The van der Waals surface area contributed by atoms with E-state index in [0.717, 1.165) is 43.1 Å². The minimum absolute atomic E-state index is 0.110. The molecule has 1 N–H and O–H groups in total. The normalized spacial score (nSPS) is 14.0. The van der Waals surface area contributed by atoms with E-state index in [2.05, 4.69) is 21.8 Å². The highest BCUT2D eigenvalue weighted by Crippen LogP contribution is 2.27. The third kappa shape index (κ3) is 5.63. The molecule has 1 aliphatic heterocycles. The van der Waals surface area contributed by atoms with Crippen molar-refractivity contribution in [1.29, 1.82) is 0 Å². The van der Waals surface area contributed by atoms with Gasteiger partial charge in [0, 0.05) is 25.2 Å². The van der Waals surface area contributed by atoms with E-state index < -0.39 is 0 Å². The quantitative estimate of drug-likeness (QED) is 0.554. The van der Waals surface area contributed by atoms with E-state index in [-0.39, 0.29) is 11.9 Å². The summed E-state index contributed by atoms with van der Waals surface area (Å²) in [4.78, 5) is 18.2. The lowest BCUT2D eigenvalue weighted by atomic mass is 10.0. The van der Waals surface area contributed by atoms with Crippen LogP contribution in [0.1, 0.15) is 12.8 Å². The van der Waals surface area contributed by atoms with E-state index >= 15 is 0 Å². The van der Waals surface area contributed by atoms with E-state index in [1.807, 2.05) is 72.9 Å². The molecule has 2 heterocycles. The Morgan fingerprint density at radius 1 is 0.935 bits per heavy atom. The van der Waals surface area contributed by atoms with Gasteiger partial charge in [-0.2, -0.15) is 0 Å². The van der Waals surface area contributed by atoms with Crippen molar-refractivity contribution in [1.82, 2.24) is 10.3 Å². The second-order valence-electron chi connectivity index (χ2n) is 7.32. The van der Waals surface area contributed by atoms with Gasteiger partial charge in [0.15, 0.2) is 0 Å². The molecule has 6 heteroatoms. The van der Waals surface area contributed by atoms with Crippen LogP contribution in [0, 0.1) is 0 Å². The maximum Gasteiger partial charge on any atom is 0.243 e. The molecule has 2 aromatic carbocycles. The van der Waals surface area contributed by atoms with E-state index in [1.165, 1.54) is 6.08 Å². The summed E-state index contributed by atoms with van der Waals surface area (Å²) in [6.45, 7) is 5.23. The molecule has 0 unspecified atom stereocenters. The molecule has 6 nitrogen and oxygen atoms in total. The van der Waals surface area contributed by atoms with E-state index in [9.17, 15) is 4.79 Å². The van der Waals surface area contributed by atoms with Gasteiger partial charge in [-0.05, 0) is 61.4 Å². The number of pyridine rings is 1. The first-order valence-electron chi connectivity index (χ1n) is 10.3. The van der Waals surface area contributed by atoms with Gasteiger partial charge in [-0.15, -0.1) is 0 Å². The van der Waals surface area contributed by atoms with Crippen LogP contribution in [0.3, 0.4) is 0 Å². The minimum atomic E-state index is -0.110. The number of nitrogens with one attached hydrogen (secondary N) is 1. The number of benzene rings is 2. The lowest BCUT2D eigenvalue weighted by Crippen LogP contribution is -2.44. The van der Waals surface area contributed by atoms with Crippen LogP contribution in [0.4, 0.5) is 5.69 Å². The summed E-state index contributed by atoms with van der Waals surface area (Å²) in [5.41, 5.74) is 1.05. The number of nitrogens with zero attached hydrogens (tertiary/aromatic N) is 2. The van der Waals surface area contributed by atoms with E-state index in [1.54, 1.807) is 0 Å². The summed E-state index contributed by atoms with van der Waals surface area (Å²) in [7, 11) is 0. The molecule has 0 saturated carbocycles. The average molecular weight is 415 g/mol. The molecule has 31 heavy (non-hydrogen) atoms. The summed E-state index contributed by atoms with van der Waals surface area (Å²) in [5, 5.41) is 2.97. The molecule has 0 bridgehead atoms. The Kier molecular flexibility index (Phi) is 6.47. The summed E-state index contributed by atoms with van der Waals surface area (Å²) in [5.74, 6) is 2.66. The number of aromatic nitrogens is 1. The number of piperidine rings is 1. The molecule has 0 atom stereocenters. The maximum atomic E-state index is 11.4. The number of anilines is 1. The standard InChI is InChI=1S/C25H25N3O3/c1-2-24(29)27-19-14-16-28(17-15-19)20-8-13-25(26-18-20)31-23-11-9-22(10-12-23)30-21-6-4-3-5-7-21/h2-13,18-19H,1,14-17H2,(H,27,29). The van der Waals surface area contributed by atoms with Crippen molar-refractivity contribution in [3.8, 4) is 23.1 Å². The molecule has 1 aliphatic rings. The fourth-order valence-electron chi connectivity index (χ4n) is 3.48. The van der Waals surface area contributed by atoms with Crippen LogP contribution in [0.2, 0.25) is 0 Å². The number of amides is 1. The van der Waals surface area contributed by atoms with Gasteiger partial charge >= 0.3 is 0 Å². The van der Waals surface area contributed by atoms with Crippen LogP contribution in [-0.2, 0) is 4.79 Å². The van der Waals surface area contributed by atoms with Crippen LogP contribution in [0.5, 0.6) is 23.1 Å². The highest BCUT2D eigenvalue weighted by Gasteiger charge is 2.20. The SMILES string of the molecule is C=CC(=O)NC1CCN(c2ccc(Oc3ccc(Oc4ccccc4)cc3)nc2)CC1. The largest absolute Gasteiger partial charge is 0.457 e. The lowest BCUT2D eigenvalue weighted by molar-refractivity contribution is -0.117. The molecule has 4 rings (SSSR count). The third-order valence-electron chi connectivity index (χ3n) is 5.14. The summed E-state index contributed by atoms with van der Waals surface area (Å²) < 4.78 is 11.7. The first kappa shape index (κ1) is 20.5. The van der Waals surface area contributed by atoms with E-state index in [0.29, 0.717) is 11.6 Å². The zero-order valence-corrected chi connectivity index (χ0v) is 17.2. The first-order chi connectivity index (χ1) is 15.2. The number of rotatable bonds is 7. The molecule has 1 fully saturated rings. The Balaban J connectivity index is 1.30. The topological polar surface area (TPSA) is 63.7 Å². The second-order valence-corrected chi connectivity index (χ2v) is 7.32. The van der Waals surface area contributed by atoms with Crippen LogP contribution in [0.15, 0.2) is 85.6 Å². The molecular weight excluding hydrogens is 390 g/mol. The van der Waals surface area contributed by atoms with Crippen molar-refractivity contribution >= 4 is 11.6 Å². The lowest BCUT2D eigenvalue weighted by Gasteiger charge is -2.33. The van der Waals surface area contributed by atoms with Crippen molar-refractivity contribution in [2.24, 2.45) is 0 Å². The zero-order chi connectivity index (χ0) is 21.5. The molecule has 158 valence electrons. The first-order valence-corrected chi connectivity index (χ1v) is 10.3. The van der Waals surface area contributed by atoms with Gasteiger partial charge in [0.1, 0.15) is 17.2 Å². The smallest absolute Gasteiger partial charge is 0.243 e. The number of hydrogen-bond donors (Lipinski definition) is 1. The number of hydrogen-bond acceptors (Lipinski definition) is 5. The zero-order valence-electron chi connectivity index (χ0n) is 17.2. The Bertz CT molecular complexity index is 996. The Morgan fingerprint density at radius 3 is 2.19 bits per heavy atom. The van der Waals surface area contributed by atoms with Gasteiger partial charge in [-0.25, -0.2) is 4.98 Å². The molecule has 3 aromatic rings. The summed E-state index contributed by atoms with van der Waals surface area (Å²) in [6, 6.07) is 21.2. The van der Waals surface area contributed by atoms with Crippen molar-refractivity contribution in [3.63, 3.8) is 0 Å². The number of carbonyl (C=O) groups excluding carboxylic acids is 1. The maximum absolute atomic E-state index is 11.4. The van der Waals surface area contributed by atoms with Gasteiger partial charge in [0.05, 0.1) is 11.9 Å². The van der Waals surface area contributed by atoms with Crippen LogP contribution < -0.4 is 19.7 Å². The second kappa shape index (κ2) is 9.80. The van der Waals surface area contributed by atoms with Gasteiger partial charge < -0.3 is 19.7 Å². The predicted octanol–water partition coefficient (Wildman–Crippen LogP) is 4.94. The number of carbonyl (C=O) groups is 1. The van der Waals surface area contributed by atoms with Crippen LogP contribution >= 0.6 is 0 Å². The Hall–Kier alpha value is -3.80. The van der Waals surface area contributed by atoms with Gasteiger partial charge in [0.25, 0.3) is 0 Å². The van der Waals surface area contributed by atoms with Crippen molar-refractivity contribution in [3.05, 3.63) is 85.6 Å². The minimum Gasteiger partial charge on any atom is -0.457 e. The van der Waals surface area contributed by atoms with Crippen LogP contribution in [-0.4, -0.2) is 30.0 Å². The Morgan fingerprint density at radius 2 is 1.58 bits per heavy atom. The van der Waals surface area contributed by atoms with E-state index in [4.69, 9.17) is 9.47 Å². The fraction of sp³-hybridized carbons (Fsp3) is 0.200. The summed E-state index contributed by atoms with van der Waals surface area (Å²) in [6.07, 6.45) is 4.94. The predicted molar refractivity (Wildman–Crippen MR) is 121 cm³/mol. The number of para-hydroxylation sites is 1. The molecule has 1 aromatic heterocycles. The fourth-order valence-corrected chi connectivity index (χ4v) is 3.48. The number of ether oxygens (including phenoxy) is 2. The molecular formula is C25H25N3O3. The van der Waals surface area contributed by atoms with Crippen molar-refractivity contribution < 1.29 is 14.3 Å². The highest BCUT2D eigenvalue weighted by atomic mass is 16.5. The summed E-state index contributed by atoms with van der Waals surface area (Å²) >= 11 is 0. The van der Waals surface area contributed by atoms with Gasteiger partial charge in [0.2, 0.25) is 11.8 Å². The average Bonchev–Trinajstić information content (AvgIpc) is 2.82. The molecule has 1 saturated heterocycles. The highest BCUT2D eigenvalue weighted by molar-refractivity contribution is 5.87.